The van der Waals surface area contributed by atoms with Crippen molar-refractivity contribution in [2.75, 3.05) is 5.32 Å². The first-order valence-corrected chi connectivity index (χ1v) is 7.31. The van der Waals surface area contributed by atoms with Gasteiger partial charge in [0.1, 0.15) is 0 Å². The maximum absolute atomic E-state index is 11.3. The molecule has 0 aromatic heterocycles. The molecule has 0 radical (unpaired) electrons. The topological polar surface area (TPSA) is 55.1 Å². The third-order valence-electron chi connectivity index (χ3n) is 3.46. The third kappa shape index (κ3) is 3.76. The quantitative estimate of drug-likeness (QED) is 0.864. The van der Waals surface area contributed by atoms with Crippen LogP contribution >= 0.6 is 11.6 Å². The molecule has 110 valence electrons. The number of carbonyl (C=O) groups excluding carboxylic acids is 1. The lowest BCUT2D eigenvalue weighted by Gasteiger charge is -2.19. The second-order valence-corrected chi connectivity index (χ2v) is 5.48. The standard InChI is InChI=1S/C17H19ClN2O/c1-3-16(12-6-4-11(2)5-7-12)20-13-8-9-15(18)14(10-13)17(19)21/h4-10,16,20H,3H2,1-2H3,(H2,19,21). The van der Waals surface area contributed by atoms with E-state index in [1.807, 2.05) is 6.07 Å². The SMILES string of the molecule is CCC(Nc1ccc(Cl)c(C(N)=O)c1)c1ccc(C)cc1. The van der Waals surface area contributed by atoms with Gasteiger partial charge in [0.2, 0.25) is 5.91 Å². The molecular weight excluding hydrogens is 284 g/mol. The Morgan fingerprint density at radius 2 is 1.90 bits per heavy atom. The Labute approximate surface area is 130 Å². The molecule has 0 bridgehead atoms. The number of nitrogens with two attached hydrogens (primary N) is 1. The van der Waals surface area contributed by atoms with Crippen molar-refractivity contribution in [1.29, 1.82) is 0 Å². The molecule has 1 atom stereocenters. The van der Waals surface area contributed by atoms with E-state index in [4.69, 9.17) is 17.3 Å². The van der Waals surface area contributed by atoms with Crippen molar-refractivity contribution in [2.45, 2.75) is 26.3 Å². The maximum atomic E-state index is 11.3. The second-order valence-electron chi connectivity index (χ2n) is 5.07. The molecule has 0 aliphatic carbocycles. The number of hydrogen-bond acceptors (Lipinski definition) is 2. The predicted molar refractivity (Wildman–Crippen MR) is 87.8 cm³/mol. The van der Waals surface area contributed by atoms with Crippen LogP contribution in [-0.2, 0) is 0 Å². The molecule has 1 amide bonds. The number of nitrogens with one attached hydrogen (secondary N) is 1. The van der Waals surface area contributed by atoms with Gasteiger partial charge in [-0.2, -0.15) is 0 Å². The van der Waals surface area contributed by atoms with Crippen LogP contribution in [-0.4, -0.2) is 5.91 Å². The van der Waals surface area contributed by atoms with E-state index in [0.29, 0.717) is 10.6 Å². The van der Waals surface area contributed by atoms with E-state index in [0.717, 1.165) is 12.1 Å². The third-order valence-corrected chi connectivity index (χ3v) is 3.79. The summed E-state index contributed by atoms with van der Waals surface area (Å²) in [5.41, 5.74) is 8.93. The van der Waals surface area contributed by atoms with E-state index in [-0.39, 0.29) is 6.04 Å². The number of amides is 1. The van der Waals surface area contributed by atoms with Gasteiger partial charge in [-0.25, -0.2) is 0 Å². The molecule has 0 aliphatic heterocycles. The summed E-state index contributed by atoms with van der Waals surface area (Å²) in [7, 11) is 0. The zero-order valence-electron chi connectivity index (χ0n) is 12.2. The zero-order chi connectivity index (χ0) is 15.4. The van der Waals surface area contributed by atoms with E-state index in [1.165, 1.54) is 11.1 Å². The lowest BCUT2D eigenvalue weighted by molar-refractivity contribution is 0.100. The molecule has 2 rings (SSSR count). The van der Waals surface area contributed by atoms with Crippen molar-refractivity contribution in [2.24, 2.45) is 5.73 Å². The van der Waals surface area contributed by atoms with E-state index < -0.39 is 5.91 Å². The normalized spacial score (nSPS) is 12.0. The minimum absolute atomic E-state index is 0.174. The average Bonchev–Trinajstić information content (AvgIpc) is 2.47. The Kier molecular flexibility index (Phi) is 4.86. The molecule has 3 nitrogen and oxygen atoms in total. The van der Waals surface area contributed by atoms with E-state index in [1.54, 1.807) is 12.1 Å². The van der Waals surface area contributed by atoms with Gasteiger partial charge in [0.15, 0.2) is 0 Å². The fourth-order valence-corrected chi connectivity index (χ4v) is 2.44. The molecule has 2 aromatic rings. The minimum atomic E-state index is -0.521. The summed E-state index contributed by atoms with van der Waals surface area (Å²) >= 11 is 5.97. The Hall–Kier alpha value is -2.00. The van der Waals surface area contributed by atoms with Gasteiger partial charge in [-0.1, -0.05) is 48.4 Å². The van der Waals surface area contributed by atoms with Crippen LogP contribution in [0.5, 0.6) is 0 Å². The molecule has 0 aliphatic rings. The molecule has 3 N–H and O–H groups in total. The highest BCUT2D eigenvalue weighted by Gasteiger charge is 2.12. The number of primary amides is 1. The fourth-order valence-electron chi connectivity index (χ4n) is 2.22. The first-order valence-electron chi connectivity index (χ1n) is 6.93. The van der Waals surface area contributed by atoms with Crippen LogP contribution in [0.2, 0.25) is 5.02 Å². The van der Waals surface area contributed by atoms with Gasteiger partial charge in [0.05, 0.1) is 16.6 Å². The highest BCUT2D eigenvalue weighted by molar-refractivity contribution is 6.33. The van der Waals surface area contributed by atoms with Crippen molar-refractivity contribution in [1.82, 2.24) is 0 Å². The highest BCUT2D eigenvalue weighted by Crippen LogP contribution is 2.26. The van der Waals surface area contributed by atoms with E-state index in [9.17, 15) is 4.79 Å². The van der Waals surface area contributed by atoms with Crippen molar-refractivity contribution in [3.63, 3.8) is 0 Å². The lowest BCUT2D eigenvalue weighted by atomic mass is 10.0. The average molecular weight is 303 g/mol. The highest BCUT2D eigenvalue weighted by atomic mass is 35.5. The molecule has 0 heterocycles. The Morgan fingerprint density at radius 1 is 1.24 bits per heavy atom. The number of benzene rings is 2. The molecule has 2 aromatic carbocycles. The number of rotatable bonds is 5. The maximum Gasteiger partial charge on any atom is 0.250 e. The largest absolute Gasteiger partial charge is 0.378 e. The van der Waals surface area contributed by atoms with E-state index >= 15 is 0 Å². The molecule has 21 heavy (non-hydrogen) atoms. The molecule has 0 fully saturated rings. The number of halogens is 1. The molecular formula is C17H19ClN2O. The second kappa shape index (κ2) is 6.64. The summed E-state index contributed by atoms with van der Waals surface area (Å²) in [6, 6.07) is 13.8. The van der Waals surface area contributed by atoms with Crippen LogP contribution in [0, 0.1) is 6.92 Å². The molecule has 1 unspecified atom stereocenters. The first-order chi connectivity index (χ1) is 10.0. The molecule has 0 saturated heterocycles. The number of aryl methyl sites for hydroxylation is 1. The van der Waals surface area contributed by atoms with Gasteiger partial charge in [0, 0.05) is 5.69 Å². The van der Waals surface area contributed by atoms with Gasteiger partial charge < -0.3 is 11.1 Å². The monoisotopic (exact) mass is 302 g/mol. The lowest BCUT2D eigenvalue weighted by Crippen LogP contribution is -2.14. The number of anilines is 1. The van der Waals surface area contributed by atoms with Crippen LogP contribution in [0.25, 0.3) is 0 Å². The van der Waals surface area contributed by atoms with E-state index in [2.05, 4.69) is 43.4 Å². The van der Waals surface area contributed by atoms with Crippen molar-refractivity contribution < 1.29 is 4.79 Å². The number of carbonyl (C=O) groups is 1. The van der Waals surface area contributed by atoms with Gasteiger partial charge in [0.25, 0.3) is 0 Å². The van der Waals surface area contributed by atoms with Crippen LogP contribution in [0.3, 0.4) is 0 Å². The Balaban J connectivity index is 2.24. The summed E-state index contributed by atoms with van der Waals surface area (Å²) in [6.07, 6.45) is 0.928. The minimum Gasteiger partial charge on any atom is -0.378 e. The smallest absolute Gasteiger partial charge is 0.250 e. The van der Waals surface area contributed by atoms with Gasteiger partial charge in [-0.15, -0.1) is 0 Å². The van der Waals surface area contributed by atoms with Gasteiger partial charge in [-0.3, -0.25) is 4.79 Å². The zero-order valence-corrected chi connectivity index (χ0v) is 12.9. The van der Waals surface area contributed by atoms with Crippen molar-refractivity contribution >= 4 is 23.2 Å². The van der Waals surface area contributed by atoms with Crippen LogP contribution in [0.4, 0.5) is 5.69 Å². The first kappa shape index (κ1) is 15.4. The van der Waals surface area contributed by atoms with Gasteiger partial charge >= 0.3 is 0 Å². The summed E-state index contributed by atoms with van der Waals surface area (Å²) in [5, 5.41) is 3.79. The van der Waals surface area contributed by atoms with Crippen LogP contribution < -0.4 is 11.1 Å². The van der Waals surface area contributed by atoms with Gasteiger partial charge in [-0.05, 0) is 37.1 Å². The Bertz CT molecular complexity index is 638. The molecule has 0 spiro atoms. The van der Waals surface area contributed by atoms with Crippen molar-refractivity contribution in [3.05, 3.63) is 64.2 Å². The number of hydrogen-bond donors (Lipinski definition) is 2. The summed E-state index contributed by atoms with van der Waals surface area (Å²) in [6.45, 7) is 4.18. The summed E-state index contributed by atoms with van der Waals surface area (Å²) in [4.78, 5) is 11.3. The van der Waals surface area contributed by atoms with Crippen molar-refractivity contribution in [3.8, 4) is 0 Å². The van der Waals surface area contributed by atoms with Crippen LogP contribution in [0.1, 0.15) is 40.9 Å². The molecule has 4 heteroatoms. The van der Waals surface area contributed by atoms with Crippen LogP contribution in [0.15, 0.2) is 42.5 Å². The fraction of sp³-hybridized carbons (Fsp3) is 0.235. The predicted octanol–water partition coefficient (Wildman–Crippen LogP) is 4.31. The Morgan fingerprint density at radius 3 is 2.48 bits per heavy atom. The summed E-state index contributed by atoms with van der Waals surface area (Å²) < 4.78 is 0. The summed E-state index contributed by atoms with van der Waals surface area (Å²) in [5.74, 6) is -0.521. The molecule has 0 saturated carbocycles.